The third-order valence-electron chi connectivity index (χ3n) is 4.26. The second-order valence-electron chi connectivity index (χ2n) is 5.59. The summed E-state index contributed by atoms with van der Waals surface area (Å²) in [6.07, 6.45) is 5.23. The molecule has 1 N–H and O–H groups in total. The molecule has 0 bridgehead atoms. The molecule has 2 aliphatic rings. The zero-order valence-corrected chi connectivity index (χ0v) is 11.5. The first kappa shape index (κ1) is 12.2. The number of rotatable bonds is 2. The van der Waals surface area contributed by atoms with Gasteiger partial charge in [-0.1, -0.05) is 0 Å². The normalized spacial score (nSPS) is 29.4. The van der Waals surface area contributed by atoms with E-state index >= 15 is 0 Å². The van der Waals surface area contributed by atoms with Crippen LogP contribution in [0.15, 0.2) is 16.8 Å². The lowest BCUT2D eigenvalue weighted by atomic mass is 9.89. The van der Waals surface area contributed by atoms with Crippen LogP contribution in [0.1, 0.15) is 37.7 Å². The van der Waals surface area contributed by atoms with Gasteiger partial charge in [0.2, 0.25) is 5.91 Å². The number of carbonyl (C=O) groups excluding carboxylic acids is 1. The Hall–Kier alpha value is -0.870. The maximum absolute atomic E-state index is 11.4. The minimum absolute atomic E-state index is 0.125. The van der Waals surface area contributed by atoms with E-state index in [2.05, 4.69) is 27.0 Å². The van der Waals surface area contributed by atoms with Crippen LogP contribution in [0.4, 0.5) is 0 Å². The Balaban J connectivity index is 1.60. The van der Waals surface area contributed by atoms with Gasteiger partial charge in [0.05, 0.1) is 0 Å². The van der Waals surface area contributed by atoms with E-state index in [1.54, 1.807) is 11.3 Å². The molecular weight excluding hydrogens is 244 g/mol. The third-order valence-corrected chi connectivity index (χ3v) is 4.99. The minimum Gasteiger partial charge on any atom is -0.351 e. The fourth-order valence-electron chi connectivity index (χ4n) is 3.20. The Bertz CT molecular complexity index is 417. The van der Waals surface area contributed by atoms with E-state index in [0.717, 1.165) is 45.3 Å². The highest BCUT2D eigenvalue weighted by Gasteiger charge is 2.38. The lowest BCUT2D eigenvalue weighted by molar-refractivity contribution is -0.119. The highest BCUT2D eigenvalue weighted by molar-refractivity contribution is 7.07. The van der Waals surface area contributed by atoms with Gasteiger partial charge in [-0.15, -0.1) is 0 Å². The predicted molar refractivity (Wildman–Crippen MR) is 73.6 cm³/mol. The van der Waals surface area contributed by atoms with E-state index in [-0.39, 0.29) is 11.4 Å². The third kappa shape index (κ3) is 2.59. The second kappa shape index (κ2) is 5.02. The summed E-state index contributed by atoms with van der Waals surface area (Å²) >= 11 is 1.77. The van der Waals surface area contributed by atoms with Crippen LogP contribution in [-0.2, 0) is 11.3 Å². The fraction of sp³-hybridized carbons (Fsp3) is 0.643. The van der Waals surface area contributed by atoms with Gasteiger partial charge in [-0.2, -0.15) is 11.3 Å². The Morgan fingerprint density at radius 1 is 1.33 bits per heavy atom. The lowest BCUT2D eigenvalue weighted by Crippen LogP contribution is -2.42. The van der Waals surface area contributed by atoms with Crippen LogP contribution in [0.2, 0.25) is 0 Å². The van der Waals surface area contributed by atoms with Gasteiger partial charge in [-0.25, -0.2) is 0 Å². The van der Waals surface area contributed by atoms with Gasteiger partial charge in [-0.05, 0) is 54.6 Å². The molecule has 18 heavy (non-hydrogen) atoms. The molecule has 1 atom stereocenters. The number of hydrogen-bond donors (Lipinski definition) is 1. The number of likely N-dealkylation sites (tertiary alicyclic amines) is 1. The maximum Gasteiger partial charge on any atom is 0.220 e. The average Bonchev–Trinajstić information content (AvgIpc) is 2.92. The minimum atomic E-state index is 0.125. The first-order valence-electron chi connectivity index (χ1n) is 6.80. The smallest absolute Gasteiger partial charge is 0.220 e. The van der Waals surface area contributed by atoms with Crippen LogP contribution in [0.3, 0.4) is 0 Å². The summed E-state index contributed by atoms with van der Waals surface area (Å²) in [6.45, 7) is 3.33. The molecule has 3 heterocycles. The van der Waals surface area contributed by atoms with Crippen molar-refractivity contribution in [3.8, 4) is 0 Å². The Labute approximate surface area is 112 Å². The number of thiophene rings is 1. The molecule has 1 aromatic rings. The van der Waals surface area contributed by atoms with Crippen molar-refractivity contribution in [1.82, 2.24) is 10.2 Å². The standard InChI is InChI=1S/C14H20N2OS/c17-13-2-5-14(15-13)4-1-7-16(8-6-14)10-12-3-9-18-11-12/h3,9,11H,1-2,4-8,10H2,(H,15,17)/t14-/m0/s1. The van der Waals surface area contributed by atoms with Crippen molar-refractivity contribution in [2.24, 2.45) is 0 Å². The van der Waals surface area contributed by atoms with E-state index in [4.69, 9.17) is 0 Å². The summed E-state index contributed by atoms with van der Waals surface area (Å²) in [5.74, 6) is 0.251. The van der Waals surface area contributed by atoms with Crippen LogP contribution in [0, 0.1) is 0 Å². The Morgan fingerprint density at radius 3 is 3.00 bits per heavy atom. The molecule has 1 aromatic heterocycles. The first-order valence-corrected chi connectivity index (χ1v) is 7.75. The monoisotopic (exact) mass is 264 g/mol. The molecule has 98 valence electrons. The highest BCUT2D eigenvalue weighted by Crippen LogP contribution is 2.31. The average molecular weight is 264 g/mol. The summed E-state index contributed by atoms with van der Waals surface area (Å²) in [6, 6.07) is 2.21. The number of carbonyl (C=O) groups is 1. The number of amides is 1. The summed E-state index contributed by atoms with van der Waals surface area (Å²) < 4.78 is 0. The Morgan fingerprint density at radius 2 is 2.28 bits per heavy atom. The van der Waals surface area contributed by atoms with Crippen molar-refractivity contribution in [3.63, 3.8) is 0 Å². The van der Waals surface area contributed by atoms with Crippen molar-refractivity contribution in [1.29, 1.82) is 0 Å². The van der Waals surface area contributed by atoms with Crippen molar-refractivity contribution in [3.05, 3.63) is 22.4 Å². The molecule has 0 radical (unpaired) electrons. The first-order chi connectivity index (χ1) is 8.76. The summed E-state index contributed by atoms with van der Waals surface area (Å²) in [5, 5.41) is 7.60. The van der Waals surface area contributed by atoms with Crippen molar-refractivity contribution in [2.75, 3.05) is 13.1 Å². The molecule has 0 aliphatic carbocycles. The largest absolute Gasteiger partial charge is 0.351 e. The topological polar surface area (TPSA) is 32.3 Å². The quantitative estimate of drug-likeness (QED) is 0.889. The van der Waals surface area contributed by atoms with Gasteiger partial charge in [0.1, 0.15) is 0 Å². The van der Waals surface area contributed by atoms with E-state index in [0.29, 0.717) is 0 Å². The summed E-state index contributed by atoms with van der Waals surface area (Å²) in [4.78, 5) is 14.0. The van der Waals surface area contributed by atoms with E-state index in [1.165, 1.54) is 12.0 Å². The van der Waals surface area contributed by atoms with E-state index in [1.807, 2.05) is 0 Å². The molecule has 2 fully saturated rings. The van der Waals surface area contributed by atoms with Crippen molar-refractivity contribution < 1.29 is 4.79 Å². The molecule has 0 aromatic carbocycles. The highest BCUT2D eigenvalue weighted by atomic mass is 32.1. The van der Waals surface area contributed by atoms with E-state index < -0.39 is 0 Å². The van der Waals surface area contributed by atoms with Crippen LogP contribution in [0.5, 0.6) is 0 Å². The van der Waals surface area contributed by atoms with Gasteiger partial charge >= 0.3 is 0 Å². The van der Waals surface area contributed by atoms with Crippen molar-refractivity contribution in [2.45, 2.75) is 44.2 Å². The molecular formula is C14H20N2OS. The van der Waals surface area contributed by atoms with E-state index in [9.17, 15) is 4.79 Å². The molecule has 0 saturated carbocycles. The van der Waals surface area contributed by atoms with Crippen molar-refractivity contribution >= 4 is 17.2 Å². The van der Waals surface area contributed by atoms with Crippen LogP contribution < -0.4 is 5.32 Å². The van der Waals surface area contributed by atoms with Gasteiger partial charge in [0.25, 0.3) is 0 Å². The van der Waals surface area contributed by atoms with Gasteiger partial charge in [-0.3, -0.25) is 9.69 Å². The van der Waals surface area contributed by atoms with Crippen LogP contribution >= 0.6 is 11.3 Å². The molecule has 1 spiro atoms. The molecule has 2 aliphatic heterocycles. The maximum atomic E-state index is 11.4. The Kier molecular flexibility index (Phi) is 3.39. The number of nitrogens with zero attached hydrogens (tertiary/aromatic N) is 1. The SMILES string of the molecule is O=C1CC[C@]2(CCCN(Cc3ccsc3)CC2)N1. The zero-order valence-electron chi connectivity index (χ0n) is 10.7. The van der Waals surface area contributed by atoms with Gasteiger partial charge in [0, 0.05) is 25.0 Å². The number of nitrogens with one attached hydrogen (secondary N) is 1. The lowest BCUT2D eigenvalue weighted by Gasteiger charge is -2.27. The summed E-state index contributed by atoms with van der Waals surface area (Å²) in [7, 11) is 0. The second-order valence-corrected chi connectivity index (χ2v) is 6.37. The van der Waals surface area contributed by atoms with Crippen LogP contribution in [-0.4, -0.2) is 29.4 Å². The predicted octanol–water partition coefficient (Wildman–Crippen LogP) is 2.38. The molecule has 0 unspecified atom stereocenters. The number of hydrogen-bond acceptors (Lipinski definition) is 3. The molecule has 1 amide bonds. The van der Waals surface area contributed by atoms with Crippen LogP contribution in [0.25, 0.3) is 0 Å². The summed E-state index contributed by atoms with van der Waals surface area (Å²) in [5.41, 5.74) is 1.55. The van der Waals surface area contributed by atoms with Gasteiger partial charge < -0.3 is 5.32 Å². The molecule has 3 rings (SSSR count). The molecule has 3 nitrogen and oxygen atoms in total. The zero-order chi connectivity index (χ0) is 12.4. The molecule has 2 saturated heterocycles. The fourth-order valence-corrected chi connectivity index (χ4v) is 3.86. The molecule has 4 heteroatoms. The van der Waals surface area contributed by atoms with Gasteiger partial charge in [0.15, 0.2) is 0 Å².